The third-order valence-corrected chi connectivity index (χ3v) is 13.7. The minimum atomic E-state index is -3.57. The van der Waals surface area contributed by atoms with Gasteiger partial charge in [-0.25, -0.2) is 13.4 Å². The van der Waals surface area contributed by atoms with Gasteiger partial charge in [-0.3, -0.25) is 0 Å². The summed E-state index contributed by atoms with van der Waals surface area (Å²) in [6, 6.07) is 1.84. The first-order valence-corrected chi connectivity index (χ1v) is 15.7. The molecule has 3 heterocycles. The molecule has 0 radical (unpaired) electrons. The molecular weight excluding hydrogens is 454 g/mol. The number of hydrogen-bond acceptors (Lipinski definition) is 7. The number of nitrogens with zero attached hydrogens (tertiary/aromatic N) is 3. The second-order valence-corrected chi connectivity index (χ2v) is 17.2. The SMILES string of the molecule is CC(C)[Si](C#Cc1cc(OC2CCOCC2)nc2nc(S(C)(=O)=O)ncc12)(C(C)C)C(C)C. The third kappa shape index (κ3) is 5.56. The molecule has 0 aromatic carbocycles. The van der Waals surface area contributed by atoms with Crippen LogP contribution in [0.2, 0.25) is 16.6 Å². The van der Waals surface area contributed by atoms with Crippen LogP contribution in [0, 0.1) is 11.5 Å². The van der Waals surface area contributed by atoms with Crippen molar-refractivity contribution in [3.05, 3.63) is 17.8 Å². The molecule has 0 aliphatic carbocycles. The van der Waals surface area contributed by atoms with Gasteiger partial charge in [0.15, 0.2) is 5.65 Å². The van der Waals surface area contributed by atoms with E-state index < -0.39 is 17.9 Å². The molecule has 33 heavy (non-hydrogen) atoms. The summed E-state index contributed by atoms with van der Waals surface area (Å²) in [6.07, 6.45) is 4.16. The molecule has 180 valence electrons. The second-order valence-electron chi connectivity index (χ2n) is 9.75. The second kappa shape index (κ2) is 10.1. The number of fused-ring (bicyclic) bond motifs is 1. The largest absolute Gasteiger partial charge is 0.474 e. The highest BCUT2D eigenvalue weighted by atomic mass is 32.2. The average molecular weight is 490 g/mol. The maximum absolute atomic E-state index is 12.0. The molecule has 0 spiro atoms. The highest BCUT2D eigenvalue weighted by Gasteiger charge is 2.41. The smallest absolute Gasteiger partial charge is 0.248 e. The first-order chi connectivity index (χ1) is 15.4. The van der Waals surface area contributed by atoms with Crippen molar-refractivity contribution in [2.24, 2.45) is 0 Å². The van der Waals surface area contributed by atoms with E-state index in [0.717, 1.165) is 24.7 Å². The monoisotopic (exact) mass is 489 g/mol. The van der Waals surface area contributed by atoms with Crippen molar-refractivity contribution in [2.75, 3.05) is 19.5 Å². The summed E-state index contributed by atoms with van der Waals surface area (Å²) in [6.45, 7) is 14.9. The molecule has 0 amide bonds. The molecule has 1 saturated heterocycles. The van der Waals surface area contributed by atoms with Gasteiger partial charge in [0.1, 0.15) is 14.2 Å². The van der Waals surface area contributed by atoms with E-state index in [0.29, 0.717) is 41.1 Å². The lowest BCUT2D eigenvalue weighted by atomic mass is 10.1. The Bertz CT molecular complexity index is 1140. The molecule has 2 aromatic rings. The molecular formula is C24H35N3O4SSi. The number of sulfone groups is 1. The lowest BCUT2D eigenvalue weighted by Crippen LogP contribution is -2.43. The molecule has 7 nitrogen and oxygen atoms in total. The predicted octanol–water partition coefficient (Wildman–Crippen LogP) is 4.56. The minimum Gasteiger partial charge on any atom is -0.474 e. The van der Waals surface area contributed by atoms with E-state index in [-0.39, 0.29) is 16.9 Å². The number of ether oxygens (including phenoxy) is 2. The van der Waals surface area contributed by atoms with E-state index >= 15 is 0 Å². The van der Waals surface area contributed by atoms with Crippen LogP contribution < -0.4 is 4.74 Å². The topological polar surface area (TPSA) is 91.3 Å². The van der Waals surface area contributed by atoms with E-state index in [9.17, 15) is 8.42 Å². The molecule has 0 bridgehead atoms. The Kier molecular flexibility index (Phi) is 7.82. The molecule has 3 rings (SSSR count). The minimum absolute atomic E-state index is 0.00353. The van der Waals surface area contributed by atoms with Gasteiger partial charge in [0, 0.05) is 36.9 Å². The van der Waals surface area contributed by atoms with Crippen LogP contribution in [-0.2, 0) is 14.6 Å². The van der Waals surface area contributed by atoms with Gasteiger partial charge in [-0.05, 0) is 16.6 Å². The summed E-state index contributed by atoms with van der Waals surface area (Å²) in [5.41, 5.74) is 6.20. The van der Waals surface area contributed by atoms with Crippen LogP contribution in [0.15, 0.2) is 17.4 Å². The highest BCUT2D eigenvalue weighted by molar-refractivity contribution is 7.90. The van der Waals surface area contributed by atoms with Crippen LogP contribution in [0.4, 0.5) is 0 Å². The Hall–Kier alpha value is -2.02. The quantitative estimate of drug-likeness (QED) is 0.334. The standard InChI is InChI=1S/C24H35N3O4SSi/c1-16(2)33(17(3)4,18(5)6)13-10-19-14-22(31-20-8-11-30-12-9-20)26-23-21(19)15-25-24(27-23)32(7,28)29/h14-18,20H,8-9,11-12H2,1-7H3. The summed E-state index contributed by atoms with van der Waals surface area (Å²) in [5.74, 6) is 3.85. The Balaban J connectivity index is 2.17. The van der Waals surface area contributed by atoms with Gasteiger partial charge in [0.2, 0.25) is 20.9 Å². The summed E-state index contributed by atoms with van der Waals surface area (Å²) < 4.78 is 35.6. The molecule has 0 atom stereocenters. The lowest BCUT2D eigenvalue weighted by Gasteiger charge is -2.38. The maximum atomic E-state index is 12.0. The zero-order valence-electron chi connectivity index (χ0n) is 20.7. The van der Waals surface area contributed by atoms with E-state index in [1.807, 2.05) is 6.07 Å². The predicted molar refractivity (Wildman–Crippen MR) is 133 cm³/mol. The van der Waals surface area contributed by atoms with Crippen molar-refractivity contribution in [3.8, 4) is 17.3 Å². The van der Waals surface area contributed by atoms with Gasteiger partial charge in [0.25, 0.3) is 0 Å². The zero-order valence-corrected chi connectivity index (χ0v) is 22.5. The molecule has 1 aliphatic rings. The molecule has 9 heteroatoms. The molecule has 2 aromatic heterocycles. The number of rotatable bonds is 6. The van der Waals surface area contributed by atoms with Gasteiger partial charge >= 0.3 is 0 Å². The number of aromatic nitrogens is 3. The highest BCUT2D eigenvalue weighted by Crippen LogP contribution is 2.41. The van der Waals surface area contributed by atoms with Crippen molar-refractivity contribution < 1.29 is 17.9 Å². The van der Waals surface area contributed by atoms with Gasteiger partial charge in [-0.15, -0.1) is 5.54 Å². The Morgan fingerprint density at radius 2 is 1.67 bits per heavy atom. The summed E-state index contributed by atoms with van der Waals surface area (Å²) in [4.78, 5) is 12.8. The molecule has 0 saturated carbocycles. The molecule has 0 unspecified atom stereocenters. The molecule has 1 fully saturated rings. The fourth-order valence-corrected chi connectivity index (χ4v) is 10.6. The summed E-state index contributed by atoms with van der Waals surface area (Å²) >= 11 is 0. The lowest BCUT2D eigenvalue weighted by molar-refractivity contribution is 0.0238. The van der Waals surface area contributed by atoms with E-state index in [1.165, 1.54) is 6.20 Å². The van der Waals surface area contributed by atoms with Crippen molar-refractivity contribution in [1.29, 1.82) is 0 Å². The Morgan fingerprint density at radius 3 is 2.21 bits per heavy atom. The van der Waals surface area contributed by atoms with Crippen molar-refractivity contribution >= 4 is 28.9 Å². The molecule has 1 aliphatic heterocycles. The maximum Gasteiger partial charge on any atom is 0.248 e. The number of pyridine rings is 1. The van der Waals surface area contributed by atoms with Crippen molar-refractivity contribution in [1.82, 2.24) is 15.0 Å². The Morgan fingerprint density at radius 1 is 1.06 bits per heavy atom. The normalized spacial score (nSPS) is 15.8. The van der Waals surface area contributed by atoms with Gasteiger partial charge in [0.05, 0.1) is 18.6 Å². The summed E-state index contributed by atoms with van der Waals surface area (Å²) in [7, 11) is -5.54. The van der Waals surface area contributed by atoms with Gasteiger partial charge in [-0.2, -0.15) is 9.97 Å². The van der Waals surface area contributed by atoms with Gasteiger partial charge in [-0.1, -0.05) is 47.5 Å². The summed E-state index contributed by atoms with van der Waals surface area (Å²) in [5, 5.41) is 0.383. The van der Waals surface area contributed by atoms with Crippen LogP contribution in [0.25, 0.3) is 11.0 Å². The first kappa shape index (κ1) is 25.6. The van der Waals surface area contributed by atoms with Gasteiger partial charge < -0.3 is 9.47 Å². The zero-order chi connectivity index (χ0) is 24.4. The number of hydrogen-bond donors (Lipinski definition) is 0. The van der Waals surface area contributed by atoms with Crippen LogP contribution in [0.5, 0.6) is 5.88 Å². The van der Waals surface area contributed by atoms with Crippen LogP contribution in [0.1, 0.15) is 59.9 Å². The van der Waals surface area contributed by atoms with Crippen LogP contribution >= 0.6 is 0 Å². The van der Waals surface area contributed by atoms with Crippen LogP contribution in [-0.4, -0.2) is 57.0 Å². The van der Waals surface area contributed by atoms with Crippen LogP contribution in [0.3, 0.4) is 0 Å². The average Bonchev–Trinajstić information content (AvgIpc) is 2.73. The van der Waals surface area contributed by atoms with E-state index in [2.05, 4.69) is 68.0 Å². The van der Waals surface area contributed by atoms with E-state index in [1.54, 1.807) is 0 Å². The van der Waals surface area contributed by atoms with E-state index in [4.69, 9.17) is 9.47 Å². The molecule has 0 N–H and O–H groups in total. The fraction of sp³-hybridized carbons (Fsp3) is 0.625. The fourth-order valence-electron chi connectivity index (χ4n) is 4.89. The van der Waals surface area contributed by atoms with Crippen molar-refractivity contribution in [2.45, 2.75) is 82.3 Å². The third-order valence-electron chi connectivity index (χ3n) is 6.59. The first-order valence-electron chi connectivity index (χ1n) is 11.6. The van der Waals surface area contributed by atoms with Crippen molar-refractivity contribution in [3.63, 3.8) is 0 Å². The Labute approximate surface area is 198 Å².